The number of nitrogen functional groups attached to an aromatic ring is 1. The molecule has 1 aromatic carbocycles. The Morgan fingerprint density at radius 1 is 1.30 bits per heavy atom. The Balaban J connectivity index is 2.01. The van der Waals surface area contributed by atoms with E-state index >= 15 is 0 Å². The monoisotopic (exact) mass is 277 g/mol. The van der Waals surface area contributed by atoms with Gasteiger partial charge in [0.1, 0.15) is 5.60 Å². The standard InChI is InChI=1S/C16H23NO3/c1-16(2,3)20-15(18)12-8-9-19-14(10-12)11-4-6-13(17)7-5-11/h4-7,12,14H,8-10,17H2,1-3H3. The van der Waals surface area contributed by atoms with Crippen molar-refractivity contribution in [3.05, 3.63) is 29.8 Å². The average Bonchev–Trinajstić information content (AvgIpc) is 2.38. The second kappa shape index (κ2) is 5.83. The number of esters is 1. The van der Waals surface area contributed by atoms with Crippen molar-refractivity contribution < 1.29 is 14.3 Å². The summed E-state index contributed by atoms with van der Waals surface area (Å²) in [5, 5.41) is 0. The normalized spacial score (nSPS) is 23.4. The van der Waals surface area contributed by atoms with Crippen LogP contribution in [0.3, 0.4) is 0 Å². The maximum absolute atomic E-state index is 12.1. The fourth-order valence-corrected chi connectivity index (χ4v) is 2.34. The number of rotatable bonds is 2. The number of carbonyl (C=O) groups excluding carboxylic acids is 1. The van der Waals surface area contributed by atoms with Gasteiger partial charge in [-0.1, -0.05) is 12.1 Å². The van der Waals surface area contributed by atoms with E-state index in [-0.39, 0.29) is 18.0 Å². The first-order valence-corrected chi connectivity index (χ1v) is 7.05. The third-order valence-electron chi connectivity index (χ3n) is 3.33. The highest BCUT2D eigenvalue weighted by Gasteiger charge is 2.31. The van der Waals surface area contributed by atoms with Crippen LogP contribution in [0.1, 0.15) is 45.3 Å². The summed E-state index contributed by atoms with van der Waals surface area (Å²) in [4.78, 5) is 12.1. The summed E-state index contributed by atoms with van der Waals surface area (Å²) in [6, 6.07) is 7.63. The molecule has 1 heterocycles. The van der Waals surface area contributed by atoms with Gasteiger partial charge in [0, 0.05) is 12.3 Å². The van der Waals surface area contributed by atoms with Gasteiger partial charge in [0.2, 0.25) is 0 Å². The van der Waals surface area contributed by atoms with Crippen molar-refractivity contribution in [2.75, 3.05) is 12.3 Å². The van der Waals surface area contributed by atoms with E-state index in [1.54, 1.807) is 0 Å². The van der Waals surface area contributed by atoms with Gasteiger partial charge < -0.3 is 15.2 Å². The van der Waals surface area contributed by atoms with E-state index < -0.39 is 5.60 Å². The van der Waals surface area contributed by atoms with Crippen LogP contribution in [-0.4, -0.2) is 18.2 Å². The van der Waals surface area contributed by atoms with Crippen LogP contribution in [0.25, 0.3) is 0 Å². The van der Waals surface area contributed by atoms with Gasteiger partial charge in [-0.05, 0) is 51.3 Å². The van der Waals surface area contributed by atoms with E-state index in [1.807, 2.05) is 45.0 Å². The van der Waals surface area contributed by atoms with Crippen molar-refractivity contribution >= 4 is 11.7 Å². The first-order chi connectivity index (χ1) is 9.35. The second-order valence-corrected chi connectivity index (χ2v) is 6.28. The lowest BCUT2D eigenvalue weighted by molar-refractivity contribution is -0.165. The molecule has 110 valence electrons. The molecule has 1 aliphatic rings. The van der Waals surface area contributed by atoms with Crippen LogP contribution in [0.2, 0.25) is 0 Å². The van der Waals surface area contributed by atoms with E-state index in [9.17, 15) is 4.79 Å². The molecular weight excluding hydrogens is 254 g/mol. The molecular formula is C16H23NO3. The summed E-state index contributed by atoms with van der Waals surface area (Å²) in [5.74, 6) is -0.216. The maximum Gasteiger partial charge on any atom is 0.309 e. The number of anilines is 1. The van der Waals surface area contributed by atoms with E-state index in [0.29, 0.717) is 13.0 Å². The summed E-state index contributed by atoms with van der Waals surface area (Å²) < 4.78 is 11.2. The molecule has 0 amide bonds. The number of carbonyl (C=O) groups is 1. The summed E-state index contributed by atoms with van der Waals surface area (Å²) in [6.45, 7) is 6.25. The number of benzene rings is 1. The first kappa shape index (κ1) is 14.9. The van der Waals surface area contributed by atoms with Crippen molar-refractivity contribution in [3.63, 3.8) is 0 Å². The van der Waals surface area contributed by atoms with E-state index in [0.717, 1.165) is 17.7 Å². The Bertz CT molecular complexity index is 462. The van der Waals surface area contributed by atoms with Crippen LogP contribution in [0, 0.1) is 5.92 Å². The van der Waals surface area contributed by atoms with Crippen molar-refractivity contribution in [2.24, 2.45) is 5.92 Å². The van der Waals surface area contributed by atoms with Crippen LogP contribution in [0.4, 0.5) is 5.69 Å². The van der Waals surface area contributed by atoms with Crippen molar-refractivity contribution in [3.8, 4) is 0 Å². The second-order valence-electron chi connectivity index (χ2n) is 6.28. The summed E-state index contributed by atoms with van der Waals surface area (Å²) in [5.41, 5.74) is 7.04. The fourth-order valence-electron chi connectivity index (χ4n) is 2.34. The van der Waals surface area contributed by atoms with E-state index in [1.165, 1.54) is 0 Å². The van der Waals surface area contributed by atoms with Crippen LogP contribution >= 0.6 is 0 Å². The zero-order chi connectivity index (χ0) is 14.8. The van der Waals surface area contributed by atoms with Gasteiger partial charge in [-0.2, -0.15) is 0 Å². The minimum absolute atomic E-state index is 0.0538. The lowest BCUT2D eigenvalue weighted by Crippen LogP contribution is -2.32. The van der Waals surface area contributed by atoms with E-state index in [4.69, 9.17) is 15.2 Å². The van der Waals surface area contributed by atoms with Crippen LogP contribution in [0.15, 0.2) is 24.3 Å². The molecule has 0 aromatic heterocycles. The molecule has 4 heteroatoms. The van der Waals surface area contributed by atoms with Gasteiger partial charge in [0.05, 0.1) is 12.0 Å². The maximum atomic E-state index is 12.1. The van der Waals surface area contributed by atoms with Crippen molar-refractivity contribution in [2.45, 2.75) is 45.3 Å². The quantitative estimate of drug-likeness (QED) is 0.666. The molecule has 1 aliphatic heterocycles. The van der Waals surface area contributed by atoms with Gasteiger partial charge >= 0.3 is 5.97 Å². The van der Waals surface area contributed by atoms with E-state index in [2.05, 4.69) is 0 Å². The van der Waals surface area contributed by atoms with Crippen molar-refractivity contribution in [1.82, 2.24) is 0 Å². The Labute approximate surface area is 120 Å². The summed E-state index contributed by atoms with van der Waals surface area (Å²) in [7, 11) is 0. The largest absolute Gasteiger partial charge is 0.460 e. The lowest BCUT2D eigenvalue weighted by Gasteiger charge is -2.30. The Kier molecular flexibility index (Phi) is 4.33. The Hall–Kier alpha value is -1.55. The minimum Gasteiger partial charge on any atom is -0.460 e. The highest BCUT2D eigenvalue weighted by atomic mass is 16.6. The topological polar surface area (TPSA) is 61.5 Å². The molecule has 0 aliphatic carbocycles. The number of ether oxygens (including phenoxy) is 2. The zero-order valence-corrected chi connectivity index (χ0v) is 12.4. The van der Waals surface area contributed by atoms with Crippen LogP contribution in [-0.2, 0) is 14.3 Å². The zero-order valence-electron chi connectivity index (χ0n) is 12.4. The fraction of sp³-hybridized carbons (Fsp3) is 0.562. The average molecular weight is 277 g/mol. The molecule has 0 bridgehead atoms. The van der Waals surface area contributed by atoms with Gasteiger partial charge in [-0.3, -0.25) is 4.79 Å². The Morgan fingerprint density at radius 2 is 1.95 bits per heavy atom. The molecule has 2 unspecified atom stereocenters. The molecule has 1 fully saturated rings. The predicted octanol–water partition coefficient (Wildman–Crippen LogP) is 3.08. The molecule has 2 N–H and O–H groups in total. The van der Waals surface area contributed by atoms with Crippen LogP contribution in [0.5, 0.6) is 0 Å². The molecule has 0 spiro atoms. The molecule has 2 atom stereocenters. The number of nitrogens with two attached hydrogens (primary N) is 1. The summed E-state index contributed by atoms with van der Waals surface area (Å²) >= 11 is 0. The highest BCUT2D eigenvalue weighted by molar-refractivity contribution is 5.73. The third kappa shape index (κ3) is 3.97. The SMILES string of the molecule is CC(C)(C)OC(=O)C1CCOC(c2ccc(N)cc2)C1. The molecule has 1 saturated heterocycles. The van der Waals surface area contributed by atoms with Crippen LogP contribution < -0.4 is 5.73 Å². The van der Waals surface area contributed by atoms with Crippen molar-refractivity contribution in [1.29, 1.82) is 0 Å². The molecule has 2 rings (SSSR count). The molecule has 20 heavy (non-hydrogen) atoms. The highest BCUT2D eigenvalue weighted by Crippen LogP contribution is 2.33. The molecule has 0 saturated carbocycles. The Morgan fingerprint density at radius 3 is 2.55 bits per heavy atom. The van der Waals surface area contributed by atoms with Gasteiger partial charge in [-0.25, -0.2) is 0 Å². The summed E-state index contributed by atoms with van der Waals surface area (Å²) in [6.07, 6.45) is 1.33. The molecule has 0 radical (unpaired) electrons. The van der Waals surface area contributed by atoms with Gasteiger partial charge in [-0.15, -0.1) is 0 Å². The van der Waals surface area contributed by atoms with Gasteiger partial charge in [0.15, 0.2) is 0 Å². The molecule has 4 nitrogen and oxygen atoms in total. The first-order valence-electron chi connectivity index (χ1n) is 7.05. The lowest BCUT2D eigenvalue weighted by atomic mass is 9.91. The molecule has 1 aromatic rings. The number of hydrogen-bond donors (Lipinski definition) is 1. The van der Waals surface area contributed by atoms with Gasteiger partial charge in [0.25, 0.3) is 0 Å². The third-order valence-corrected chi connectivity index (χ3v) is 3.33. The number of hydrogen-bond acceptors (Lipinski definition) is 4. The predicted molar refractivity (Wildman–Crippen MR) is 78.1 cm³/mol. The smallest absolute Gasteiger partial charge is 0.309 e. The minimum atomic E-state index is -0.438.